The van der Waals surface area contributed by atoms with Gasteiger partial charge >= 0.3 is 5.69 Å². The number of benzene rings is 2. The first kappa shape index (κ1) is 19.7. The maximum atomic E-state index is 14.0. The molecular formula is C20H23FN4O3S. The molecule has 0 spiro atoms. The summed E-state index contributed by atoms with van der Waals surface area (Å²) in [5.74, 6) is -0.310. The van der Waals surface area contributed by atoms with Crippen molar-refractivity contribution in [3.8, 4) is 0 Å². The number of fused-ring (bicyclic) bond motifs is 1. The van der Waals surface area contributed by atoms with Crippen molar-refractivity contribution in [2.45, 2.75) is 11.8 Å². The number of nitrogens with zero attached hydrogens (tertiary/aromatic N) is 4. The third kappa shape index (κ3) is 3.14. The van der Waals surface area contributed by atoms with E-state index in [9.17, 15) is 17.6 Å². The Morgan fingerprint density at radius 2 is 1.52 bits per heavy atom. The Bertz CT molecular complexity index is 1250. The molecule has 9 heteroatoms. The lowest BCUT2D eigenvalue weighted by Crippen LogP contribution is -2.49. The van der Waals surface area contributed by atoms with Crippen LogP contribution in [0.25, 0.3) is 11.0 Å². The number of aryl methyl sites for hydroxylation is 3. The van der Waals surface area contributed by atoms with Gasteiger partial charge in [0.2, 0.25) is 10.0 Å². The predicted octanol–water partition coefficient (Wildman–Crippen LogP) is 1.84. The zero-order chi connectivity index (χ0) is 20.9. The Morgan fingerprint density at radius 3 is 2.14 bits per heavy atom. The molecule has 29 heavy (non-hydrogen) atoms. The average Bonchev–Trinajstić information content (AvgIpc) is 2.91. The Labute approximate surface area is 168 Å². The van der Waals surface area contributed by atoms with Crippen LogP contribution in [0.1, 0.15) is 5.56 Å². The lowest BCUT2D eigenvalue weighted by molar-refractivity contribution is 0.383. The minimum absolute atomic E-state index is 0.200. The van der Waals surface area contributed by atoms with E-state index in [0.717, 1.165) is 0 Å². The van der Waals surface area contributed by atoms with Crippen molar-refractivity contribution < 1.29 is 12.8 Å². The van der Waals surface area contributed by atoms with Crippen LogP contribution in [-0.2, 0) is 24.1 Å². The highest BCUT2D eigenvalue weighted by atomic mass is 32.2. The molecule has 0 saturated carbocycles. The van der Waals surface area contributed by atoms with Crippen LogP contribution in [0.2, 0.25) is 0 Å². The van der Waals surface area contributed by atoms with Gasteiger partial charge in [0.15, 0.2) is 0 Å². The van der Waals surface area contributed by atoms with Gasteiger partial charge in [0.1, 0.15) is 5.82 Å². The van der Waals surface area contributed by atoms with E-state index in [2.05, 4.69) is 0 Å². The Kier molecular flexibility index (Phi) is 4.74. The number of para-hydroxylation sites is 1. The zero-order valence-electron chi connectivity index (χ0n) is 16.6. The second-order valence-corrected chi connectivity index (χ2v) is 9.26. The lowest BCUT2D eigenvalue weighted by atomic mass is 10.2. The maximum absolute atomic E-state index is 14.0. The van der Waals surface area contributed by atoms with Crippen LogP contribution >= 0.6 is 0 Å². The summed E-state index contributed by atoms with van der Waals surface area (Å²) >= 11 is 0. The van der Waals surface area contributed by atoms with Crippen LogP contribution in [-0.4, -0.2) is 48.0 Å². The number of anilines is 1. The molecule has 2 heterocycles. The topological polar surface area (TPSA) is 67.6 Å². The van der Waals surface area contributed by atoms with Gasteiger partial charge in [-0.25, -0.2) is 17.6 Å². The first-order valence-corrected chi connectivity index (χ1v) is 10.8. The largest absolute Gasteiger partial charge is 0.367 e. The van der Waals surface area contributed by atoms with Gasteiger partial charge < -0.3 is 4.90 Å². The molecule has 0 bridgehead atoms. The number of piperazine rings is 1. The summed E-state index contributed by atoms with van der Waals surface area (Å²) in [7, 11) is -0.437. The summed E-state index contributed by atoms with van der Waals surface area (Å²) in [6.07, 6.45) is 0. The average molecular weight is 418 g/mol. The fourth-order valence-electron chi connectivity index (χ4n) is 3.93. The van der Waals surface area contributed by atoms with Crippen LogP contribution in [0.3, 0.4) is 0 Å². The summed E-state index contributed by atoms with van der Waals surface area (Å²) in [4.78, 5) is 14.2. The molecule has 2 aromatic carbocycles. The van der Waals surface area contributed by atoms with Crippen LogP contribution < -0.4 is 10.6 Å². The number of hydrogen-bond donors (Lipinski definition) is 0. The predicted molar refractivity (Wildman–Crippen MR) is 110 cm³/mol. The van der Waals surface area contributed by atoms with E-state index >= 15 is 0 Å². The highest BCUT2D eigenvalue weighted by molar-refractivity contribution is 7.89. The molecule has 7 nitrogen and oxygen atoms in total. The molecule has 0 atom stereocenters. The van der Waals surface area contributed by atoms with Gasteiger partial charge in [-0.15, -0.1) is 0 Å². The van der Waals surface area contributed by atoms with E-state index in [4.69, 9.17) is 0 Å². The van der Waals surface area contributed by atoms with E-state index in [1.807, 2.05) is 4.90 Å². The quantitative estimate of drug-likeness (QED) is 0.651. The van der Waals surface area contributed by atoms with Crippen LogP contribution in [0.15, 0.2) is 46.1 Å². The van der Waals surface area contributed by atoms with Crippen molar-refractivity contribution in [2.24, 2.45) is 14.1 Å². The summed E-state index contributed by atoms with van der Waals surface area (Å²) in [5.41, 5.74) is 2.15. The number of sulfonamides is 1. The number of halogens is 1. The molecule has 1 fully saturated rings. The van der Waals surface area contributed by atoms with Gasteiger partial charge in [-0.05, 0) is 36.8 Å². The first-order valence-electron chi connectivity index (χ1n) is 9.37. The number of rotatable bonds is 3. The van der Waals surface area contributed by atoms with Crippen LogP contribution in [0, 0.1) is 12.7 Å². The highest BCUT2D eigenvalue weighted by Crippen LogP contribution is 2.27. The van der Waals surface area contributed by atoms with E-state index in [1.54, 1.807) is 51.4 Å². The van der Waals surface area contributed by atoms with Crippen LogP contribution in [0.4, 0.5) is 10.1 Å². The standard InChI is InChI=1S/C20H23FN4O3S/c1-14-12-17-18(23(3)20(26)22(17)2)13-19(14)29(27,28)25-10-8-24(9-11-25)16-7-5-4-6-15(16)21/h4-7,12-13H,8-11H2,1-3H3. The molecule has 1 aliphatic heterocycles. The van der Waals surface area contributed by atoms with Crippen LogP contribution in [0.5, 0.6) is 0 Å². The maximum Gasteiger partial charge on any atom is 0.328 e. The van der Waals surface area contributed by atoms with Gasteiger partial charge in [-0.1, -0.05) is 12.1 Å². The minimum atomic E-state index is -3.73. The Hall–Kier alpha value is -2.65. The van der Waals surface area contributed by atoms with E-state index in [0.29, 0.717) is 35.4 Å². The highest BCUT2D eigenvalue weighted by Gasteiger charge is 2.31. The van der Waals surface area contributed by atoms with E-state index in [1.165, 1.54) is 19.5 Å². The molecule has 3 aromatic rings. The van der Waals surface area contributed by atoms with Gasteiger partial charge in [0.25, 0.3) is 0 Å². The van der Waals surface area contributed by atoms with Gasteiger partial charge in [-0.2, -0.15) is 4.31 Å². The van der Waals surface area contributed by atoms with Crippen molar-refractivity contribution in [3.05, 3.63) is 58.3 Å². The van der Waals surface area contributed by atoms with E-state index < -0.39 is 10.0 Å². The molecule has 1 aromatic heterocycles. The van der Waals surface area contributed by atoms with E-state index in [-0.39, 0.29) is 29.5 Å². The molecule has 0 N–H and O–H groups in total. The minimum Gasteiger partial charge on any atom is -0.367 e. The third-order valence-corrected chi connectivity index (χ3v) is 7.66. The van der Waals surface area contributed by atoms with Gasteiger partial charge in [-0.3, -0.25) is 9.13 Å². The number of hydrogen-bond acceptors (Lipinski definition) is 4. The molecular weight excluding hydrogens is 395 g/mol. The fraction of sp³-hybridized carbons (Fsp3) is 0.350. The normalized spacial score (nSPS) is 15.9. The summed E-state index contributed by atoms with van der Waals surface area (Å²) in [5, 5.41) is 0. The van der Waals surface area contributed by atoms with Crippen molar-refractivity contribution in [3.63, 3.8) is 0 Å². The SMILES string of the molecule is Cc1cc2c(cc1S(=O)(=O)N1CCN(c3ccccc3F)CC1)n(C)c(=O)n2C. The number of imidazole rings is 1. The summed E-state index contributed by atoms with van der Waals surface area (Å²) in [6, 6.07) is 9.82. The summed E-state index contributed by atoms with van der Waals surface area (Å²) < 4.78 is 45.0. The fourth-order valence-corrected chi connectivity index (χ4v) is 5.57. The zero-order valence-corrected chi connectivity index (χ0v) is 17.4. The lowest BCUT2D eigenvalue weighted by Gasteiger charge is -2.35. The van der Waals surface area contributed by atoms with Gasteiger partial charge in [0, 0.05) is 40.3 Å². The van der Waals surface area contributed by atoms with Crippen molar-refractivity contribution >= 4 is 26.7 Å². The molecule has 1 saturated heterocycles. The Morgan fingerprint density at radius 1 is 0.931 bits per heavy atom. The molecule has 154 valence electrons. The smallest absolute Gasteiger partial charge is 0.328 e. The molecule has 4 rings (SSSR count). The van der Waals surface area contributed by atoms with Gasteiger partial charge in [0.05, 0.1) is 21.6 Å². The molecule has 1 aliphatic rings. The third-order valence-electron chi connectivity index (χ3n) is 5.62. The van der Waals surface area contributed by atoms with Crippen molar-refractivity contribution in [2.75, 3.05) is 31.1 Å². The van der Waals surface area contributed by atoms with Crippen molar-refractivity contribution in [1.29, 1.82) is 0 Å². The Balaban J connectivity index is 1.65. The summed E-state index contributed by atoms with van der Waals surface area (Å²) in [6.45, 7) is 3.08. The first-order chi connectivity index (χ1) is 13.7. The van der Waals surface area contributed by atoms with Crippen molar-refractivity contribution in [1.82, 2.24) is 13.4 Å². The monoisotopic (exact) mass is 418 g/mol. The number of aromatic nitrogens is 2. The molecule has 0 unspecified atom stereocenters. The molecule has 0 aliphatic carbocycles. The second kappa shape index (κ2) is 7.00. The molecule has 0 radical (unpaired) electrons. The second-order valence-electron chi connectivity index (χ2n) is 7.35. The molecule has 0 amide bonds.